The van der Waals surface area contributed by atoms with Gasteiger partial charge in [0.1, 0.15) is 41.4 Å². The van der Waals surface area contributed by atoms with Gasteiger partial charge in [0, 0.05) is 36.6 Å². The van der Waals surface area contributed by atoms with Gasteiger partial charge < -0.3 is 39.4 Å². The molecule has 46 heavy (non-hydrogen) atoms. The van der Waals surface area contributed by atoms with E-state index < -0.39 is 17.9 Å². The molecule has 3 aliphatic rings. The average molecular weight is 649 g/mol. The van der Waals surface area contributed by atoms with Crippen molar-refractivity contribution < 1.29 is 38.1 Å². The third-order valence-electron chi connectivity index (χ3n) is 7.76. The molecular weight excluding hydrogens is 612 g/mol. The van der Waals surface area contributed by atoms with Crippen LogP contribution in [-0.2, 0) is 16.0 Å². The molecule has 0 aliphatic carbocycles. The lowest BCUT2D eigenvalue weighted by molar-refractivity contribution is -0.142. The van der Waals surface area contributed by atoms with Crippen molar-refractivity contribution in [3.05, 3.63) is 63.8 Å². The van der Waals surface area contributed by atoms with Crippen LogP contribution in [0, 0.1) is 5.92 Å². The molecule has 2 N–H and O–H groups in total. The van der Waals surface area contributed by atoms with Crippen molar-refractivity contribution in [3.63, 3.8) is 0 Å². The Hall–Kier alpha value is -4.78. The molecule has 0 radical (unpaired) electrons. The Morgan fingerprint density at radius 1 is 1.04 bits per heavy atom. The van der Waals surface area contributed by atoms with Crippen molar-refractivity contribution in [3.8, 4) is 28.7 Å². The topological polar surface area (TPSA) is 136 Å². The van der Waals surface area contributed by atoms with Crippen LogP contribution in [-0.4, -0.2) is 92.0 Å². The van der Waals surface area contributed by atoms with Crippen molar-refractivity contribution in [1.29, 1.82) is 0 Å². The number of nitrogens with zero attached hydrogens (tertiary/aromatic N) is 2. The highest BCUT2D eigenvalue weighted by molar-refractivity contribution is 7.12. The molecule has 12 nitrogen and oxygen atoms in total. The Bertz CT molecular complexity index is 1640. The number of rotatable bonds is 4. The largest absolute Gasteiger partial charge is 0.493 e. The minimum absolute atomic E-state index is 0.0141. The monoisotopic (exact) mass is 648 g/mol. The van der Waals surface area contributed by atoms with Gasteiger partial charge in [-0.3, -0.25) is 19.2 Å². The van der Waals surface area contributed by atoms with E-state index in [4.69, 9.17) is 18.9 Å². The summed E-state index contributed by atoms with van der Waals surface area (Å²) in [5.41, 5.74) is 1.19. The molecule has 4 bridgehead atoms. The molecule has 0 saturated carbocycles. The summed E-state index contributed by atoms with van der Waals surface area (Å²) in [6.45, 7) is 5.52. The van der Waals surface area contributed by atoms with Gasteiger partial charge in [-0.25, -0.2) is 0 Å². The molecule has 0 spiro atoms. The van der Waals surface area contributed by atoms with Crippen LogP contribution in [0.4, 0.5) is 0 Å². The minimum atomic E-state index is -0.959. The summed E-state index contributed by atoms with van der Waals surface area (Å²) >= 11 is 1.23. The number of benzene rings is 2. The maximum Gasteiger partial charge on any atom is 0.268 e. The highest BCUT2D eigenvalue weighted by Crippen LogP contribution is 2.40. The Kier molecular flexibility index (Phi) is 9.29. The normalized spacial score (nSPS) is 18.6. The SMILES string of the molecule is CC(C)COc1cc2cc(c1)C(=O)NCC(=O)N1CCN(C(=O)c3scc4c3OCCO4)C[C@@H]1C(=O)NCCc1cccc(c1)O2. The summed E-state index contributed by atoms with van der Waals surface area (Å²) in [6, 6.07) is 11.4. The van der Waals surface area contributed by atoms with Gasteiger partial charge in [0.15, 0.2) is 11.5 Å². The number of thiophene rings is 1. The zero-order valence-electron chi connectivity index (χ0n) is 25.7. The van der Waals surface area contributed by atoms with Crippen molar-refractivity contribution in [2.75, 3.05) is 52.5 Å². The predicted octanol–water partition coefficient (Wildman–Crippen LogP) is 3.10. The van der Waals surface area contributed by atoms with E-state index in [0.717, 1.165) is 5.56 Å². The van der Waals surface area contributed by atoms with Gasteiger partial charge in [0.2, 0.25) is 11.8 Å². The molecular formula is C33H36N4O8S. The highest BCUT2D eigenvalue weighted by atomic mass is 32.1. The molecule has 3 aromatic rings. The molecule has 2 aromatic carbocycles. The summed E-state index contributed by atoms with van der Waals surface area (Å²) in [4.78, 5) is 57.4. The van der Waals surface area contributed by atoms with Gasteiger partial charge >= 0.3 is 0 Å². The second kappa shape index (κ2) is 13.7. The van der Waals surface area contributed by atoms with Crippen LogP contribution >= 0.6 is 11.3 Å². The van der Waals surface area contributed by atoms with Gasteiger partial charge in [-0.05, 0) is 42.2 Å². The Balaban J connectivity index is 1.25. The van der Waals surface area contributed by atoms with Crippen LogP contribution in [0.2, 0.25) is 0 Å². The van der Waals surface area contributed by atoms with Gasteiger partial charge in [-0.1, -0.05) is 26.0 Å². The van der Waals surface area contributed by atoms with Crippen LogP contribution in [0.5, 0.6) is 28.7 Å². The molecule has 4 heterocycles. The zero-order chi connectivity index (χ0) is 32.2. The maximum atomic E-state index is 13.6. The fraction of sp³-hybridized carbons (Fsp3) is 0.394. The Morgan fingerprint density at radius 3 is 2.74 bits per heavy atom. The van der Waals surface area contributed by atoms with E-state index in [2.05, 4.69) is 10.6 Å². The van der Waals surface area contributed by atoms with E-state index in [1.807, 2.05) is 38.1 Å². The van der Waals surface area contributed by atoms with E-state index in [9.17, 15) is 19.2 Å². The summed E-state index contributed by atoms with van der Waals surface area (Å²) < 4.78 is 23.3. The van der Waals surface area contributed by atoms with Gasteiger partial charge in [0.05, 0.1) is 19.7 Å². The van der Waals surface area contributed by atoms with E-state index in [1.54, 1.807) is 28.5 Å². The molecule has 0 unspecified atom stereocenters. The fourth-order valence-corrected chi connectivity index (χ4v) is 6.36. The number of hydrogen-bond donors (Lipinski definition) is 2. The lowest BCUT2D eigenvalue weighted by atomic mass is 10.1. The molecule has 1 saturated heterocycles. The minimum Gasteiger partial charge on any atom is -0.493 e. The standard InChI is InChI=1S/C33H36N4O8S/c1-20(2)18-44-24-13-22-14-25(15-24)45-23-5-3-4-21(12-23)6-7-34-32(40)26-17-36(8-9-37(26)28(38)16-35-31(22)39)33(41)30-29-27(19-46-30)42-10-11-43-29/h3-5,12-15,19-20,26H,6-11,16-18H2,1-2H3,(H,34,40)(H,35,39)/t26-/m1/s1. The number of amides is 4. The van der Waals surface area contributed by atoms with E-state index >= 15 is 0 Å². The van der Waals surface area contributed by atoms with Gasteiger partial charge in [0.25, 0.3) is 11.8 Å². The highest BCUT2D eigenvalue weighted by Gasteiger charge is 2.38. The maximum absolute atomic E-state index is 13.6. The zero-order valence-corrected chi connectivity index (χ0v) is 26.5. The first-order valence-corrected chi connectivity index (χ1v) is 16.2. The molecule has 6 rings (SSSR count). The summed E-state index contributed by atoms with van der Waals surface area (Å²) in [5.74, 6) is 1.04. The molecule has 1 fully saturated rings. The molecule has 1 atom stereocenters. The van der Waals surface area contributed by atoms with Crippen LogP contribution in [0.3, 0.4) is 0 Å². The number of nitrogens with one attached hydrogen (secondary N) is 2. The third kappa shape index (κ3) is 7.04. The van der Waals surface area contributed by atoms with E-state index in [0.29, 0.717) is 66.4 Å². The van der Waals surface area contributed by atoms with Gasteiger partial charge in [-0.2, -0.15) is 0 Å². The first-order valence-electron chi connectivity index (χ1n) is 15.3. The number of carbonyl (C=O) groups excluding carboxylic acids is 4. The quantitative estimate of drug-likeness (QED) is 0.441. The number of carbonyl (C=O) groups is 4. The average Bonchev–Trinajstić information content (AvgIpc) is 3.49. The molecule has 1 aromatic heterocycles. The Morgan fingerprint density at radius 2 is 1.89 bits per heavy atom. The molecule has 13 heteroatoms. The fourth-order valence-electron chi connectivity index (χ4n) is 5.46. The van der Waals surface area contributed by atoms with Crippen molar-refractivity contribution in [2.45, 2.75) is 26.3 Å². The molecule has 242 valence electrons. The van der Waals surface area contributed by atoms with Crippen molar-refractivity contribution >= 4 is 35.0 Å². The molecule has 4 amide bonds. The molecule has 3 aliphatic heterocycles. The number of piperazine rings is 1. The lowest BCUT2D eigenvalue weighted by Gasteiger charge is -2.40. The third-order valence-corrected chi connectivity index (χ3v) is 8.69. The Labute approximate surface area is 270 Å². The van der Waals surface area contributed by atoms with Crippen LogP contribution in [0.25, 0.3) is 0 Å². The van der Waals surface area contributed by atoms with Crippen LogP contribution < -0.4 is 29.6 Å². The van der Waals surface area contributed by atoms with E-state index in [-0.39, 0.29) is 49.5 Å². The van der Waals surface area contributed by atoms with Gasteiger partial charge in [-0.15, -0.1) is 11.3 Å². The number of ether oxygens (including phenoxy) is 4. The summed E-state index contributed by atoms with van der Waals surface area (Å²) in [5, 5.41) is 7.36. The summed E-state index contributed by atoms with van der Waals surface area (Å²) in [6.07, 6.45) is 0.508. The number of hydrogen-bond acceptors (Lipinski definition) is 9. The van der Waals surface area contributed by atoms with E-state index in [1.165, 1.54) is 16.2 Å². The first-order chi connectivity index (χ1) is 22.2. The van der Waals surface area contributed by atoms with Crippen LogP contribution in [0.15, 0.2) is 47.8 Å². The smallest absolute Gasteiger partial charge is 0.268 e. The summed E-state index contributed by atoms with van der Waals surface area (Å²) in [7, 11) is 0. The predicted molar refractivity (Wildman–Crippen MR) is 169 cm³/mol. The second-order valence-electron chi connectivity index (χ2n) is 11.7. The lowest BCUT2D eigenvalue weighted by Crippen LogP contribution is -2.62. The first kappa shape index (κ1) is 31.2. The van der Waals surface area contributed by atoms with Crippen molar-refractivity contribution in [2.24, 2.45) is 5.92 Å². The van der Waals surface area contributed by atoms with Crippen LogP contribution in [0.1, 0.15) is 39.4 Å². The van der Waals surface area contributed by atoms with Crippen molar-refractivity contribution in [1.82, 2.24) is 20.4 Å². The second-order valence-corrected chi connectivity index (χ2v) is 12.6. The number of fused-ring (bicyclic) bond motifs is 6.